The van der Waals surface area contributed by atoms with E-state index in [1.165, 1.54) is 12.0 Å². The summed E-state index contributed by atoms with van der Waals surface area (Å²) in [5, 5.41) is 9.29. The molecule has 1 amide bonds. The molecule has 2 rings (SSSR count). The maximum absolute atomic E-state index is 11.4. The summed E-state index contributed by atoms with van der Waals surface area (Å²) in [5.74, 6) is -0.606. The van der Waals surface area contributed by atoms with Gasteiger partial charge in [-0.05, 0) is 18.2 Å². The quantitative estimate of drug-likeness (QED) is 0.845. The molecule has 0 spiro atoms. The number of benzene rings is 1. The van der Waals surface area contributed by atoms with Crippen molar-refractivity contribution in [2.75, 3.05) is 13.7 Å². The van der Waals surface area contributed by atoms with Gasteiger partial charge >= 0.3 is 5.97 Å². The van der Waals surface area contributed by atoms with E-state index in [9.17, 15) is 9.59 Å². The van der Waals surface area contributed by atoms with Crippen molar-refractivity contribution in [1.29, 1.82) is 0 Å². The van der Waals surface area contributed by atoms with Crippen LogP contribution in [0.2, 0.25) is 5.02 Å². The third kappa shape index (κ3) is 2.26. The Morgan fingerprint density at radius 3 is 2.89 bits per heavy atom. The Morgan fingerprint density at radius 1 is 1.61 bits per heavy atom. The van der Waals surface area contributed by atoms with Crippen molar-refractivity contribution in [3.63, 3.8) is 0 Å². The Hall–Kier alpha value is -1.75. The third-order valence-electron chi connectivity index (χ3n) is 2.92. The van der Waals surface area contributed by atoms with Crippen LogP contribution < -0.4 is 4.74 Å². The lowest BCUT2D eigenvalue weighted by molar-refractivity contribution is -0.155. The van der Waals surface area contributed by atoms with E-state index in [1.807, 2.05) is 0 Å². The highest BCUT2D eigenvalue weighted by atomic mass is 35.5. The van der Waals surface area contributed by atoms with Gasteiger partial charge in [-0.25, -0.2) is 0 Å². The molecule has 1 aromatic rings. The van der Waals surface area contributed by atoms with Crippen LogP contribution in [0.25, 0.3) is 0 Å². The summed E-state index contributed by atoms with van der Waals surface area (Å²) in [6, 6.07) is 4.82. The van der Waals surface area contributed by atoms with E-state index in [-0.39, 0.29) is 24.9 Å². The van der Waals surface area contributed by atoms with E-state index < -0.39 is 5.97 Å². The molecule has 0 aromatic heterocycles. The number of nitrogens with zero attached hydrogens (tertiary/aromatic N) is 1. The molecule has 1 heterocycles. The number of likely N-dealkylation sites (tertiary alicyclic amines) is 1. The van der Waals surface area contributed by atoms with Gasteiger partial charge in [-0.2, -0.15) is 0 Å². The fraction of sp³-hybridized carbons (Fsp3) is 0.333. The lowest BCUT2D eigenvalue weighted by Gasteiger charge is -2.40. The van der Waals surface area contributed by atoms with Gasteiger partial charge in [0.15, 0.2) is 0 Å². The summed E-state index contributed by atoms with van der Waals surface area (Å²) in [7, 11) is 1.52. The first-order chi connectivity index (χ1) is 8.52. The van der Waals surface area contributed by atoms with Crippen LogP contribution in [0.15, 0.2) is 18.2 Å². The number of β-lactam (4-membered cyclic amide) rings is 1. The number of rotatable bonds is 4. The zero-order chi connectivity index (χ0) is 13.3. The molecule has 1 fully saturated rings. The summed E-state index contributed by atoms with van der Waals surface area (Å²) < 4.78 is 5.20. The first-order valence-corrected chi connectivity index (χ1v) is 5.75. The average molecular weight is 270 g/mol. The van der Waals surface area contributed by atoms with Crippen LogP contribution in [0.3, 0.4) is 0 Å². The minimum Gasteiger partial charge on any atom is -0.496 e. The van der Waals surface area contributed by atoms with Crippen LogP contribution in [-0.2, 0) is 9.59 Å². The van der Waals surface area contributed by atoms with Gasteiger partial charge in [0.2, 0.25) is 5.91 Å². The number of carboxylic acid groups (broad SMARTS) is 1. The Bertz CT molecular complexity index is 503. The molecule has 1 aliphatic rings. The third-order valence-corrected chi connectivity index (χ3v) is 3.16. The monoisotopic (exact) mass is 269 g/mol. The fourth-order valence-corrected chi connectivity index (χ4v) is 2.22. The second kappa shape index (κ2) is 4.86. The van der Waals surface area contributed by atoms with E-state index in [1.54, 1.807) is 18.2 Å². The second-order valence-electron chi connectivity index (χ2n) is 4.02. The molecule has 96 valence electrons. The average Bonchev–Trinajstić information content (AvgIpc) is 2.33. The van der Waals surface area contributed by atoms with Gasteiger partial charge in [-0.15, -0.1) is 0 Å². The summed E-state index contributed by atoms with van der Waals surface area (Å²) in [6.07, 6.45) is 0.282. The molecule has 1 aromatic carbocycles. The maximum atomic E-state index is 11.4. The SMILES string of the molecule is COc1ccc(Cl)cc1C1CC(=O)N1CC(=O)O. The largest absolute Gasteiger partial charge is 0.496 e. The molecule has 6 heteroatoms. The van der Waals surface area contributed by atoms with E-state index in [0.29, 0.717) is 10.8 Å². The first-order valence-electron chi connectivity index (χ1n) is 5.37. The molecule has 0 saturated carbocycles. The van der Waals surface area contributed by atoms with Crippen LogP contribution in [0.5, 0.6) is 5.75 Å². The van der Waals surface area contributed by atoms with Crippen molar-refractivity contribution < 1.29 is 19.4 Å². The molecule has 0 bridgehead atoms. The van der Waals surface area contributed by atoms with Crippen molar-refractivity contribution in [3.8, 4) is 5.75 Å². The molecule has 18 heavy (non-hydrogen) atoms. The van der Waals surface area contributed by atoms with E-state index in [2.05, 4.69) is 0 Å². The highest BCUT2D eigenvalue weighted by Crippen LogP contribution is 2.39. The zero-order valence-electron chi connectivity index (χ0n) is 9.72. The predicted molar refractivity (Wildman–Crippen MR) is 64.7 cm³/mol. The van der Waals surface area contributed by atoms with Crippen molar-refractivity contribution >= 4 is 23.5 Å². The molecule has 5 nitrogen and oxygen atoms in total. The van der Waals surface area contributed by atoms with Crippen LogP contribution >= 0.6 is 11.6 Å². The molecule has 0 radical (unpaired) electrons. The van der Waals surface area contributed by atoms with Gasteiger partial charge in [0.25, 0.3) is 0 Å². The standard InChI is InChI=1S/C12H12ClNO4/c1-18-10-3-2-7(13)4-8(10)9-5-11(15)14(9)6-12(16)17/h2-4,9H,5-6H2,1H3,(H,16,17). The summed E-state index contributed by atoms with van der Waals surface area (Å²) in [6.45, 7) is -0.306. The number of aliphatic carboxylic acids is 1. The minimum atomic E-state index is -1.03. The summed E-state index contributed by atoms with van der Waals surface area (Å²) in [4.78, 5) is 23.4. The van der Waals surface area contributed by atoms with Crippen molar-refractivity contribution in [2.45, 2.75) is 12.5 Å². The molecule has 1 aliphatic heterocycles. The van der Waals surface area contributed by atoms with Crippen molar-refractivity contribution in [3.05, 3.63) is 28.8 Å². The van der Waals surface area contributed by atoms with Crippen LogP contribution in [0, 0.1) is 0 Å². The number of carbonyl (C=O) groups is 2. The van der Waals surface area contributed by atoms with Gasteiger partial charge in [-0.3, -0.25) is 9.59 Å². The van der Waals surface area contributed by atoms with Gasteiger partial charge in [0, 0.05) is 10.6 Å². The molecular weight excluding hydrogens is 258 g/mol. The molecule has 1 unspecified atom stereocenters. The Kier molecular flexibility index (Phi) is 3.43. The number of ether oxygens (including phenoxy) is 1. The molecular formula is C12H12ClNO4. The van der Waals surface area contributed by atoms with Crippen molar-refractivity contribution in [2.24, 2.45) is 0 Å². The smallest absolute Gasteiger partial charge is 0.323 e. The Labute approximate surface area is 109 Å². The normalized spacial score (nSPS) is 18.4. The molecule has 1 atom stereocenters. The van der Waals surface area contributed by atoms with Crippen molar-refractivity contribution in [1.82, 2.24) is 4.90 Å². The number of amides is 1. The number of carboxylic acids is 1. The number of hydrogen-bond acceptors (Lipinski definition) is 3. The first kappa shape index (κ1) is 12.7. The summed E-state index contributed by atoms with van der Waals surface area (Å²) in [5.41, 5.74) is 0.742. The van der Waals surface area contributed by atoms with Crippen LogP contribution in [0.4, 0.5) is 0 Å². The van der Waals surface area contributed by atoms with E-state index in [0.717, 1.165) is 5.56 Å². The predicted octanol–water partition coefficient (Wildman–Crippen LogP) is 1.71. The highest BCUT2D eigenvalue weighted by molar-refractivity contribution is 6.30. The topological polar surface area (TPSA) is 66.8 Å². The number of methoxy groups -OCH3 is 1. The molecule has 1 N–H and O–H groups in total. The zero-order valence-corrected chi connectivity index (χ0v) is 10.5. The van der Waals surface area contributed by atoms with E-state index >= 15 is 0 Å². The van der Waals surface area contributed by atoms with Gasteiger partial charge < -0.3 is 14.7 Å². The van der Waals surface area contributed by atoms with Gasteiger partial charge in [-0.1, -0.05) is 11.6 Å². The summed E-state index contributed by atoms with van der Waals surface area (Å²) >= 11 is 5.91. The molecule has 1 saturated heterocycles. The second-order valence-corrected chi connectivity index (χ2v) is 4.46. The van der Waals surface area contributed by atoms with Gasteiger partial charge in [0.1, 0.15) is 12.3 Å². The minimum absolute atomic E-state index is 0.176. The Morgan fingerprint density at radius 2 is 2.33 bits per heavy atom. The number of carbonyl (C=O) groups excluding carboxylic acids is 1. The lowest BCUT2D eigenvalue weighted by Crippen LogP contribution is -2.48. The van der Waals surface area contributed by atoms with E-state index in [4.69, 9.17) is 21.4 Å². The Balaban J connectivity index is 2.28. The maximum Gasteiger partial charge on any atom is 0.323 e. The number of hydrogen-bond donors (Lipinski definition) is 1. The molecule has 0 aliphatic carbocycles. The lowest BCUT2D eigenvalue weighted by atomic mass is 9.93. The van der Waals surface area contributed by atoms with Gasteiger partial charge in [0.05, 0.1) is 19.6 Å². The van der Waals surface area contributed by atoms with Crippen LogP contribution in [0.1, 0.15) is 18.0 Å². The fourth-order valence-electron chi connectivity index (χ4n) is 2.04. The van der Waals surface area contributed by atoms with Crippen LogP contribution in [-0.4, -0.2) is 35.5 Å². The number of halogens is 1. The highest BCUT2D eigenvalue weighted by Gasteiger charge is 2.39.